The van der Waals surface area contributed by atoms with Crippen molar-refractivity contribution in [1.29, 1.82) is 0 Å². The van der Waals surface area contributed by atoms with Crippen molar-refractivity contribution in [3.8, 4) is 0 Å². The van der Waals surface area contributed by atoms with E-state index in [1.54, 1.807) is 11.3 Å². The van der Waals surface area contributed by atoms with Crippen molar-refractivity contribution in [3.63, 3.8) is 0 Å². The van der Waals surface area contributed by atoms with Gasteiger partial charge in [0.15, 0.2) is 5.58 Å². The highest BCUT2D eigenvalue weighted by Gasteiger charge is 2.20. The average Bonchev–Trinajstić information content (AvgIpc) is 2.97. The second-order valence-corrected chi connectivity index (χ2v) is 7.96. The van der Waals surface area contributed by atoms with Crippen LogP contribution in [-0.2, 0) is 0 Å². The van der Waals surface area contributed by atoms with Gasteiger partial charge in [0.2, 0.25) is 0 Å². The van der Waals surface area contributed by atoms with E-state index in [2.05, 4.69) is 43.2 Å². The van der Waals surface area contributed by atoms with E-state index in [-0.39, 0.29) is 6.04 Å². The highest BCUT2D eigenvalue weighted by molar-refractivity contribution is 9.13. The van der Waals surface area contributed by atoms with Crippen LogP contribution >= 0.6 is 54.8 Å². The van der Waals surface area contributed by atoms with Gasteiger partial charge < -0.3 is 9.73 Å². The molecule has 0 amide bonds. The van der Waals surface area contributed by atoms with Gasteiger partial charge >= 0.3 is 0 Å². The summed E-state index contributed by atoms with van der Waals surface area (Å²) in [5.74, 6) is 0.858. The summed E-state index contributed by atoms with van der Waals surface area (Å²) in [7, 11) is 1.92. The zero-order valence-corrected chi connectivity index (χ0v) is 15.2. The second kappa shape index (κ2) is 5.81. The molecule has 104 valence electrons. The molecule has 0 aliphatic rings. The van der Waals surface area contributed by atoms with Crippen LogP contribution in [0.15, 0.2) is 43.0 Å². The molecule has 3 rings (SSSR count). The fourth-order valence-corrected chi connectivity index (χ4v) is 4.55. The third kappa shape index (κ3) is 2.57. The molecular formula is C14H10Br2ClNOS. The van der Waals surface area contributed by atoms with Gasteiger partial charge in [-0.15, -0.1) is 11.3 Å². The van der Waals surface area contributed by atoms with Crippen LogP contribution in [-0.4, -0.2) is 7.05 Å². The summed E-state index contributed by atoms with van der Waals surface area (Å²) < 4.78 is 8.06. The third-order valence-corrected chi connectivity index (χ3v) is 6.66. The third-order valence-electron chi connectivity index (χ3n) is 3.04. The Balaban J connectivity index is 2.09. The van der Waals surface area contributed by atoms with Crippen LogP contribution in [0.5, 0.6) is 0 Å². The monoisotopic (exact) mass is 433 g/mol. The summed E-state index contributed by atoms with van der Waals surface area (Å²) in [5, 5.41) is 4.94. The minimum absolute atomic E-state index is 0.00562. The smallest absolute Gasteiger partial charge is 0.152 e. The number of nitrogens with one attached hydrogen (secondary N) is 1. The first-order chi connectivity index (χ1) is 9.60. The molecule has 1 atom stereocenters. The van der Waals surface area contributed by atoms with E-state index in [1.165, 1.54) is 4.88 Å². The van der Waals surface area contributed by atoms with Gasteiger partial charge in [0.05, 0.1) is 8.81 Å². The summed E-state index contributed by atoms with van der Waals surface area (Å²) >= 11 is 14.9. The maximum absolute atomic E-state index is 6.17. The molecule has 0 saturated carbocycles. The number of para-hydroxylation sites is 1. The zero-order valence-electron chi connectivity index (χ0n) is 10.4. The minimum atomic E-state index is 0.00562. The lowest BCUT2D eigenvalue weighted by atomic mass is 10.1. The highest BCUT2D eigenvalue weighted by Crippen LogP contribution is 2.39. The van der Waals surface area contributed by atoms with E-state index >= 15 is 0 Å². The summed E-state index contributed by atoms with van der Waals surface area (Å²) in [4.78, 5) is 1.17. The predicted octanol–water partition coefficient (Wildman–Crippen LogP) is 5.98. The van der Waals surface area contributed by atoms with E-state index in [1.807, 2.05) is 31.3 Å². The van der Waals surface area contributed by atoms with Crippen molar-refractivity contribution in [1.82, 2.24) is 5.32 Å². The Labute approximate surface area is 142 Å². The standard InChI is InChI=1S/C14H10Br2ClNOS/c1-18-12(11-6-8(15)14(16)20-11)10-5-7-3-2-4-9(17)13(7)19-10/h2-6,12,18H,1H3. The van der Waals surface area contributed by atoms with Gasteiger partial charge in [-0.3, -0.25) is 0 Å². The van der Waals surface area contributed by atoms with Crippen molar-refractivity contribution in [3.05, 3.63) is 54.3 Å². The molecule has 0 spiro atoms. The van der Waals surface area contributed by atoms with Crippen LogP contribution in [0.3, 0.4) is 0 Å². The number of furan rings is 1. The molecule has 1 N–H and O–H groups in total. The second-order valence-electron chi connectivity index (χ2n) is 4.30. The first kappa shape index (κ1) is 14.6. The number of thiophene rings is 1. The van der Waals surface area contributed by atoms with Crippen LogP contribution in [0, 0.1) is 0 Å². The van der Waals surface area contributed by atoms with Crippen LogP contribution in [0.25, 0.3) is 11.0 Å². The minimum Gasteiger partial charge on any atom is -0.457 e. The van der Waals surface area contributed by atoms with Gasteiger partial charge in [0, 0.05) is 14.7 Å². The molecule has 0 aliphatic carbocycles. The average molecular weight is 436 g/mol. The van der Waals surface area contributed by atoms with E-state index in [0.29, 0.717) is 5.02 Å². The van der Waals surface area contributed by atoms with Crippen molar-refractivity contribution in [2.75, 3.05) is 7.05 Å². The molecule has 0 aliphatic heterocycles. The topological polar surface area (TPSA) is 25.2 Å². The van der Waals surface area contributed by atoms with Crippen molar-refractivity contribution in [2.24, 2.45) is 0 Å². The Morgan fingerprint density at radius 2 is 2.10 bits per heavy atom. The molecule has 0 radical (unpaired) electrons. The van der Waals surface area contributed by atoms with E-state index < -0.39 is 0 Å². The molecule has 3 aromatic rings. The largest absolute Gasteiger partial charge is 0.457 e. The Morgan fingerprint density at radius 1 is 1.30 bits per heavy atom. The van der Waals surface area contributed by atoms with Crippen LogP contribution in [0.4, 0.5) is 0 Å². The molecule has 1 unspecified atom stereocenters. The van der Waals surface area contributed by atoms with Crippen molar-refractivity contribution >= 4 is 65.8 Å². The molecule has 0 bridgehead atoms. The lowest BCUT2D eigenvalue weighted by Gasteiger charge is -2.10. The summed E-state index contributed by atoms with van der Waals surface area (Å²) in [6, 6.07) is 9.89. The Morgan fingerprint density at radius 3 is 2.70 bits per heavy atom. The number of rotatable bonds is 3. The molecule has 2 heterocycles. The number of hydrogen-bond acceptors (Lipinski definition) is 3. The van der Waals surface area contributed by atoms with E-state index in [9.17, 15) is 0 Å². The predicted molar refractivity (Wildman–Crippen MR) is 91.8 cm³/mol. The van der Waals surface area contributed by atoms with Crippen LogP contribution in [0.2, 0.25) is 5.02 Å². The Kier molecular flexibility index (Phi) is 4.24. The molecular weight excluding hydrogens is 425 g/mol. The van der Waals surface area contributed by atoms with E-state index in [4.69, 9.17) is 16.0 Å². The van der Waals surface area contributed by atoms with Gasteiger partial charge in [0.1, 0.15) is 11.8 Å². The summed E-state index contributed by atoms with van der Waals surface area (Å²) in [6.45, 7) is 0. The maximum atomic E-state index is 6.17. The molecule has 20 heavy (non-hydrogen) atoms. The lowest BCUT2D eigenvalue weighted by molar-refractivity contribution is 0.495. The molecule has 1 aromatic carbocycles. The fourth-order valence-electron chi connectivity index (χ4n) is 2.12. The number of benzene rings is 1. The SMILES string of the molecule is CNC(c1cc2cccc(Cl)c2o1)c1cc(Br)c(Br)s1. The quantitative estimate of drug-likeness (QED) is 0.547. The van der Waals surface area contributed by atoms with Crippen molar-refractivity contribution in [2.45, 2.75) is 6.04 Å². The normalized spacial score (nSPS) is 13.0. The van der Waals surface area contributed by atoms with Gasteiger partial charge in [0.25, 0.3) is 0 Å². The molecule has 0 saturated heterocycles. The van der Waals surface area contributed by atoms with Gasteiger partial charge in [-0.1, -0.05) is 23.7 Å². The Bertz CT molecular complexity index is 748. The number of halogens is 3. The first-order valence-corrected chi connectivity index (χ1v) is 8.68. The van der Waals surface area contributed by atoms with Gasteiger partial charge in [-0.05, 0) is 57.1 Å². The zero-order chi connectivity index (χ0) is 14.3. The fraction of sp³-hybridized carbons (Fsp3) is 0.143. The molecule has 2 aromatic heterocycles. The molecule has 6 heteroatoms. The number of fused-ring (bicyclic) bond motifs is 1. The van der Waals surface area contributed by atoms with Crippen molar-refractivity contribution < 1.29 is 4.42 Å². The summed E-state index contributed by atoms with van der Waals surface area (Å²) in [6.07, 6.45) is 0. The van der Waals surface area contributed by atoms with Crippen LogP contribution in [0.1, 0.15) is 16.7 Å². The highest BCUT2D eigenvalue weighted by atomic mass is 79.9. The van der Waals surface area contributed by atoms with Gasteiger partial charge in [-0.25, -0.2) is 0 Å². The lowest BCUT2D eigenvalue weighted by Crippen LogP contribution is -2.15. The summed E-state index contributed by atoms with van der Waals surface area (Å²) in [5.41, 5.74) is 0.735. The molecule has 2 nitrogen and oxygen atoms in total. The first-order valence-electron chi connectivity index (χ1n) is 5.90. The van der Waals surface area contributed by atoms with Gasteiger partial charge in [-0.2, -0.15) is 0 Å². The Hall–Kier alpha value is -0.330. The van der Waals surface area contributed by atoms with E-state index in [0.717, 1.165) is 25.0 Å². The maximum Gasteiger partial charge on any atom is 0.152 e. The molecule has 0 fully saturated rings. The van der Waals surface area contributed by atoms with Crippen LogP contribution < -0.4 is 5.32 Å². The number of hydrogen-bond donors (Lipinski definition) is 1.